The van der Waals surface area contributed by atoms with Gasteiger partial charge in [-0.15, -0.1) is 0 Å². The predicted molar refractivity (Wildman–Crippen MR) is 80.7 cm³/mol. The third-order valence-electron chi connectivity index (χ3n) is 3.24. The number of anilines is 1. The molecular weight excluding hydrogens is 272 g/mol. The SMILES string of the molecule is CCOc1cc(C)ccc1NC(C)c1ccc(F)cc1F. The fourth-order valence-electron chi connectivity index (χ4n) is 2.19. The molecule has 112 valence electrons. The Morgan fingerprint density at radius 2 is 1.90 bits per heavy atom. The van der Waals surface area contributed by atoms with E-state index in [0.717, 1.165) is 23.1 Å². The maximum absolute atomic E-state index is 13.8. The van der Waals surface area contributed by atoms with Gasteiger partial charge in [0.1, 0.15) is 17.4 Å². The van der Waals surface area contributed by atoms with Crippen LogP contribution < -0.4 is 10.1 Å². The topological polar surface area (TPSA) is 21.3 Å². The number of ether oxygens (including phenoxy) is 1. The number of hydrogen-bond acceptors (Lipinski definition) is 2. The molecule has 4 heteroatoms. The quantitative estimate of drug-likeness (QED) is 0.850. The average Bonchev–Trinajstić information content (AvgIpc) is 2.42. The van der Waals surface area contributed by atoms with Crippen molar-refractivity contribution in [1.29, 1.82) is 0 Å². The summed E-state index contributed by atoms with van der Waals surface area (Å²) in [6.45, 7) is 6.27. The molecule has 2 aromatic carbocycles. The Hall–Kier alpha value is -2.10. The van der Waals surface area contributed by atoms with Crippen LogP contribution in [0.25, 0.3) is 0 Å². The van der Waals surface area contributed by atoms with Crippen LogP contribution in [0.2, 0.25) is 0 Å². The molecular formula is C17H19F2NO. The number of benzene rings is 2. The Kier molecular flexibility index (Phi) is 4.78. The van der Waals surface area contributed by atoms with Gasteiger partial charge in [-0.05, 0) is 44.5 Å². The molecule has 0 amide bonds. The molecule has 0 bridgehead atoms. The minimum absolute atomic E-state index is 0.299. The van der Waals surface area contributed by atoms with Gasteiger partial charge in [0.05, 0.1) is 18.3 Å². The van der Waals surface area contributed by atoms with E-state index in [9.17, 15) is 8.78 Å². The number of rotatable bonds is 5. The highest BCUT2D eigenvalue weighted by atomic mass is 19.1. The van der Waals surface area contributed by atoms with Crippen molar-refractivity contribution >= 4 is 5.69 Å². The van der Waals surface area contributed by atoms with E-state index >= 15 is 0 Å². The zero-order valence-electron chi connectivity index (χ0n) is 12.4. The van der Waals surface area contributed by atoms with Gasteiger partial charge in [-0.2, -0.15) is 0 Å². The van der Waals surface area contributed by atoms with Gasteiger partial charge in [0, 0.05) is 11.6 Å². The molecule has 1 atom stereocenters. The van der Waals surface area contributed by atoms with Crippen LogP contribution in [-0.2, 0) is 0 Å². The summed E-state index contributed by atoms with van der Waals surface area (Å²) in [5, 5.41) is 3.21. The molecule has 0 fully saturated rings. The Labute approximate surface area is 123 Å². The highest BCUT2D eigenvalue weighted by Crippen LogP contribution is 2.30. The molecule has 0 saturated heterocycles. The van der Waals surface area contributed by atoms with Gasteiger partial charge in [-0.25, -0.2) is 8.78 Å². The minimum Gasteiger partial charge on any atom is -0.492 e. The van der Waals surface area contributed by atoms with Crippen LogP contribution in [0.1, 0.15) is 31.0 Å². The molecule has 0 spiro atoms. The minimum atomic E-state index is -0.575. The van der Waals surface area contributed by atoms with E-state index in [2.05, 4.69) is 5.32 Å². The van der Waals surface area contributed by atoms with E-state index in [-0.39, 0.29) is 6.04 Å². The van der Waals surface area contributed by atoms with Crippen molar-refractivity contribution in [1.82, 2.24) is 0 Å². The second-order valence-corrected chi connectivity index (χ2v) is 4.96. The maximum atomic E-state index is 13.8. The van der Waals surface area contributed by atoms with Crippen LogP contribution in [0.15, 0.2) is 36.4 Å². The van der Waals surface area contributed by atoms with Gasteiger partial charge in [0.2, 0.25) is 0 Å². The molecule has 0 heterocycles. The summed E-state index contributed by atoms with van der Waals surface area (Å²) in [5.74, 6) is -0.402. The fourth-order valence-corrected chi connectivity index (χ4v) is 2.19. The first-order valence-electron chi connectivity index (χ1n) is 6.96. The van der Waals surface area contributed by atoms with Crippen LogP contribution in [0.4, 0.5) is 14.5 Å². The maximum Gasteiger partial charge on any atom is 0.142 e. The lowest BCUT2D eigenvalue weighted by Gasteiger charge is -2.19. The van der Waals surface area contributed by atoms with Crippen molar-refractivity contribution in [2.24, 2.45) is 0 Å². The lowest BCUT2D eigenvalue weighted by Crippen LogP contribution is -2.10. The predicted octanol–water partition coefficient (Wildman–Crippen LogP) is 4.85. The number of halogens is 2. The van der Waals surface area contributed by atoms with E-state index in [1.54, 1.807) is 0 Å². The summed E-state index contributed by atoms with van der Waals surface area (Å²) < 4.78 is 32.4. The summed E-state index contributed by atoms with van der Waals surface area (Å²) in [5.41, 5.74) is 2.29. The molecule has 2 nitrogen and oxygen atoms in total. The van der Waals surface area contributed by atoms with Crippen LogP contribution in [0.5, 0.6) is 5.75 Å². The Balaban J connectivity index is 2.24. The van der Waals surface area contributed by atoms with Gasteiger partial charge < -0.3 is 10.1 Å². The Morgan fingerprint density at radius 1 is 1.14 bits per heavy atom. The van der Waals surface area contributed by atoms with Crippen molar-refractivity contribution in [3.05, 3.63) is 59.2 Å². The second-order valence-electron chi connectivity index (χ2n) is 4.96. The molecule has 0 saturated carbocycles. The van der Waals surface area contributed by atoms with Gasteiger partial charge in [-0.1, -0.05) is 12.1 Å². The molecule has 2 aromatic rings. The van der Waals surface area contributed by atoms with E-state index in [1.165, 1.54) is 12.1 Å². The zero-order valence-corrected chi connectivity index (χ0v) is 12.4. The van der Waals surface area contributed by atoms with E-state index < -0.39 is 11.6 Å². The smallest absolute Gasteiger partial charge is 0.142 e. The Bertz CT molecular complexity index is 628. The normalized spacial score (nSPS) is 12.0. The van der Waals surface area contributed by atoms with Crippen LogP contribution in [0, 0.1) is 18.6 Å². The largest absolute Gasteiger partial charge is 0.492 e. The third kappa shape index (κ3) is 3.72. The van der Waals surface area contributed by atoms with Gasteiger partial charge in [0.15, 0.2) is 0 Å². The lowest BCUT2D eigenvalue weighted by atomic mass is 10.1. The Morgan fingerprint density at radius 3 is 2.57 bits per heavy atom. The highest BCUT2D eigenvalue weighted by molar-refractivity contribution is 5.58. The van der Waals surface area contributed by atoms with Crippen molar-refractivity contribution < 1.29 is 13.5 Å². The van der Waals surface area contributed by atoms with Crippen molar-refractivity contribution in [3.8, 4) is 5.75 Å². The number of aryl methyl sites for hydroxylation is 1. The standard InChI is InChI=1S/C17H19F2NO/c1-4-21-17-9-11(2)5-8-16(17)20-12(3)14-7-6-13(18)10-15(14)19/h5-10,12,20H,4H2,1-3H3. The molecule has 0 aliphatic carbocycles. The molecule has 0 aromatic heterocycles. The lowest BCUT2D eigenvalue weighted by molar-refractivity contribution is 0.341. The van der Waals surface area contributed by atoms with E-state index in [1.807, 2.05) is 39.0 Å². The number of hydrogen-bond donors (Lipinski definition) is 1. The zero-order chi connectivity index (χ0) is 15.4. The molecule has 0 aliphatic heterocycles. The van der Waals surface area contributed by atoms with E-state index in [4.69, 9.17) is 4.74 Å². The summed E-state index contributed by atoms with van der Waals surface area (Å²) in [6.07, 6.45) is 0. The summed E-state index contributed by atoms with van der Waals surface area (Å²) in [7, 11) is 0. The molecule has 21 heavy (non-hydrogen) atoms. The average molecular weight is 291 g/mol. The van der Waals surface area contributed by atoms with Gasteiger partial charge in [0.25, 0.3) is 0 Å². The first kappa shape index (κ1) is 15.3. The molecule has 1 unspecified atom stereocenters. The summed E-state index contributed by atoms with van der Waals surface area (Å²) in [6, 6.07) is 9.10. The van der Waals surface area contributed by atoms with E-state index in [0.29, 0.717) is 12.2 Å². The highest BCUT2D eigenvalue weighted by Gasteiger charge is 2.13. The van der Waals surface area contributed by atoms with Gasteiger partial charge >= 0.3 is 0 Å². The van der Waals surface area contributed by atoms with Gasteiger partial charge in [-0.3, -0.25) is 0 Å². The summed E-state index contributed by atoms with van der Waals surface area (Å²) in [4.78, 5) is 0. The van der Waals surface area contributed by atoms with Crippen molar-refractivity contribution in [2.45, 2.75) is 26.8 Å². The monoisotopic (exact) mass is 291 g/mol. The molecule has 2 rings (SSSR count). The molecule has 0 radical (unpaired) electrons. The van der Waals surface area contributed by atoms with Crippen LogP contribution in [-0.4, -0.2) is 6.61 Å². The third-order valence-corrected chi connectivity index (χ3v) is 3.24. The summed E-state index contributed by atoms with van der Waals surface area (Å²) >= 11 is 0. The first-order valence-corrected chi connectivity index (χ1v) is 6.96. The van der Waals surface area contributed by atoms with Crippen LogP contribution in [0.3, 0.4) is 0 Å². The first-order chi connectivity index (χ1) is 10.0. The van der Waals surface area contributed by atoms with Crippen molar-refractivity contribution in [3.63, 3.8) is 0 Å². The van der Waals surface area contributed by atoms with Crippen LogP contribution >= 0.6 is 0 Å². The second kappa shape index (κ2) is 6.57. The van der Waals surface area contributed by atoms with Crippen molar-refractivity contribution in [2.75, 3.05) is 11.9 Å². The molecule has 1 N–H and O–H groups in total. The number of nitrogens with one attached hydrogen (secondary N) is 1. The molecule has 0 aliphatic rings. The fraction of sp³-hybridized carbons (Fsp3) is 0.294.